The highest BCUT2D eigenvalue weighted by Crippen LogP contribution is 2.34. The Morgan fingerprint density at radius 2 is 2.04 bits per heavy atom. The molecule has 7 heteroatoms. The average molecular weight is 366 g/mol. The molecule has 0 aliphatic carbocycles. The van der Waals surface area contributed by atoms with Crippen molar-refractivity contribution in [1.29, 1.82) is 0 Å². The third-order valence-electron chi connectivity index (χ3n) is 5.48. The van der Waals surface area contributed by atoms with Crippen molar-refractivity contribution in [3.05, 3.63) is 53.6 Å². The number of nitrogens with zero attached hydrogens (tertiary/aromatic N) is 4. The van der Waals surface area contributed by atoms with Crippen LogP contribution in [0.2, 0.25) is 0 Å². The van der Waals surface area contributed by atoms with E-state index in [2.05, 4.69) is 28.1 Å². The lowest BCUT2D eigenvalue weighted by Gasteiger charge is -2.34. The van der Waals surface area contributed by atoms with Gasteiger partial charge in [-0.1, -0.05) is 18.2 Å². The second-order valence-corrected chi connectivity index (χ2v) is 7.31. The van der Waals surface area contributed by atoms with E-state index in [0.717, 1.165) is 41.5 Å². The van der Waals surface area contributed by atoms with Crippen LogP contribution in [0.1, 0.15) is 22.9 Å². The molecule has 2 aromatic rings. The van der Waals surface area contributed by atoms with Crippen LogP contribution in [0.3, 0.4) is 0 Å². The fraction of sp³-hybridized carbons (Fsp3) is 0.400. The fourth-order valence-electron chi connectivity index (χ4n) is 4.17. The van der Waals surface area contributed by atoms with Gasteiger partial charge in [-0.2, -0.15) is 0 Å². The molecule has 4 heterocycles. The predicted octanol–water partition coefficient (Wildman–Crippen LogP) is 1.65. The third kappa shape index (κ3) is 2.88. The summed E-state index contributed by atoms with van der Waals surface area (Å²) in [6.07, 6.45) is 5.92. The van der Waals surface area contributed by atoms with Gasteiger partial charge in [-0.15, -0.1) is 0 Å². The number of amides is 1. The van der Waals surface area contributed by atoms with E-state index in [9.17, 15) is 4.79 Å². The molecule has 0 saturated carbocycles. The highest BCUT2D eigenvalue weighted by molar-refractivity contribution is 5.84. The second-order valence-electron chi connectivity index (χ2n) is 7.31. The minimum Gasteiger partial charge on any atom is -0.454 e. The first-order valence-corrected chi connectivity index (χ1v) is 9.24. The maximum absolute atomic E-state index is 13.1. The zero-order valence-electron chi connectivity index (χ0n) is 15.3. The first kappa shape index (κ1) is 16.4. The number of carbonyl (C=O) groups excluding carboxylic acids is 1. The van der Waals surface area contributed by atoms with Gasteiger partial charge in [-0.05, 0) is 17.7 Å². The van der Waals surface area contributed by atoms with Crippen molar-refractivity contribution < 1.29 is 14.3 Å². The Bertz CT molecular complexity index is 912. The molecular weight excluding hydrogens is 344 g/mol. The van der Waals surface area contributed by atoms with Crippen molar-refractivity contribution in [3.8, 4) is 11.5 Å². The van der Waals surface area contributed by atoms with E-state index in [4.69, 9.17) is 9.47 Å². The summed E-state index contributed by atoms with van der Waals surface area (Å²) in [4.78, 5) is 21.9. The molecule has 0 N–H and O–H groups in total. The summed E-state index contributed by atoms with van der Waals surface area (Å²) in [5.41, 5.74) is 3.19. The van der Waals surface area contributed by atoms with Crippen molar-refractivity contribution in [2.75, 3.05) is 26.4 Å². The topological polar surface area (TPSA) is 59.8 Å². The summed E-state index contributed by atoms with van der Waals surface area (Å²) >= 11 is 0. The van der Waals surface area contributed by atoms with Gasteiger partial charge in [0.05, 0.1) is 23.6 Å². The number of hydrogen-bond acceptors (Lipinski definition) is 5. The molecule has 5 rings (SSSR count). The van der Waals surface area contributed by atoms with Gasteiger partial charge in [0.25, 0.3) is 0 Å². The van der Waals surface area contributed by atoms with E-state index in [-0.39, 0.29) is 18.6 Å². The SMILES string of the molecule is Cn1cnc2c1C(C(=O)N1CC=CC1)CN(Cc1ccc3c(c1)OCO3)C2. The molecule has 0 bridgehead atoms. The molecule has 1 atom stereocenters. The summed E-state index contributed by atoms with van der Waals surface area (Å²) in [5.74, 6) is 1.58. The van der Waals surface area contributed by atoms with Gasteiger partial charge < -0.3 is 18.9 Å². The maximum Gasteiger partial charge on any atom is 0.233 e. The number of imidazole rings is 1. The van der Waals surface area contributed by atoms with Crippen molar-refractivity contribution in [2.45, 2.75) is 19.0 Å². The smallest absolute Gasteiger partial charge is 0.233 e. The van der Waals surface area contributed by atoms with E-state index < -0.39 is 0 Å². The van der Waals surface area contributed by atoms with Gasteiger partial charge in [-0.25, -0.2) is 4.98 Å². The molecule has 3 aliphatic heterocycles. The predicted molar refractivity (Wildman–Crippen MR) is 98.3 cm³/mol. The minimum atomic E-state index is -0.185. The molecule has 0 spiro atoms. The maximum atomic E-state index is 13.1. The van der Waals surface area contributed by atoms with E-state index in [1.165, 1.54) is 0 Å². The van der Waals surface area contributed by atoms with E-state index in [1.807, 2.05) is 35.0 Å². The molecule has 1 aromatic heterocycles. The number of fused-ring (bicyclic) bond motifs is 2. The quantitative estimate of drug-likeness (QED) is 0.773. The zero-order chi connectivity index (χ0) is 18.4. The number of carbonyl (C=O) groups is 1. The molecule has 140 valence electrons. The van der Waals surface area contributed by atoms with Crippen LogP contribution in [0.4, 0.5) is 0 Å². The normalized spacial score (nSPS) is 20.9. The lowest BCUT2D eigenvalue weighted by atomic mass is 9.96. The van der Waals surface area contributed by atoms with Gasteiger partial charge in [-0.3, -0.25) is 9.69 Å². The summed E-state index contributed by atoms with van der Waals surface area (Å²) in [7, 11) is 1.97. The van der Waals surface area contributed by atoms with Gasteiger partial charge >= 0.3 is 0 Å². The summed E-state index contributed by atoms with van der Waals surface area (Å²) in [6, 6.07) is 6.03. The Morgan fingerprint density at radius 1 is 1.22 bits per heavy atom. The number of hydrogen-bond donors (Lipinski definition) is 0. The minimum absolute atomic E-state index is 0.181. The average Bonchev–Trinajstić information content (AvgIpc) is 3.41. The van der Waals surface area contributed by atoms with Crippen LogP contribution >= 0.6 is 0 Å². The Labute approximate surface area is 157 Å². The second kappa shape index (κ2) is 6.42. The number of aryl methyl sites for hydroxylation is 1. The highest BCUT2D eigenvalue weighted by Gasteiger charge is 2.36. The Kier molecular flexibility index (Phi) is 3.89. The first-order chi connectivity index (χ1) is 13.2. The largest absolute Gasteiger partial charge is 0.454 e. The fourth-order valence-corrected chi connectivity index (χ4v) is 4.17. The van der Waals surface area contributed by atoms with Crippen LogP contribution < -0.4 is 9.47 Å². The summed E-state index contributed by atoms with van der Waals surface area (Å²) < 4.78 is 12.9. The van der Waals surface area contributed by atoms with Gasteiger partial charge in [0.1, 0.15) is 0 Å². The van der Waals surface area contributed by atoms with Crippen LogP contribution in [-0.2, 0) is 24.9 Å². The Balaban J connectivity index is 1.39. The molecule has 1 amide bonds. The van der Waals surface area contributed by atoms with Crippen molar-refractivity contribution in [3.63, 3.8) is 0 Å². The summed E-state index contributed by atoms with van der Waals surface area (Å²) in [6.45, 7) is 3.85. The van der Waals surface area contributed by atoms with Crippen LogP contribution in [0.15, 0.2) is 36.7 Å². The lowest BCUT2D eigenvalue weighted by Crippen LogP contribution is -2.43. The third-order valence-corrected chi connectivity index (χ3v) is 5.48. The van der Waals surface area contributed by atoms with E-state index in [0.29, 0.717) is 19.6 Å². The van der Waals surface area contributed by atoms with Crippen LogP contribution in [0, 0.1) is 0 Å². The number of rotatable bonds is 3. The van der Waals surface area contributed by atoms with Crippen LogP contribution in [0.25, 0.3) is 0 Å². The lowest BCUT2D eigenvalue weighted by molar-refractivity contribution is -0.132. The van der Waals surface area contributed by atoms with Gasteiger partial charge in [0, 0.05) is 39.8 Å². The molecule has 1 aromatic carbocycles. The number of benzene rings is 1. The molecule has 1 unspecified atom stereocenters. The van der Waals surface area contributed by atoms with E-state index in [1.54, 1.807) is 0 Å². The summed E-state index contributed by atoms with van der Waals surface area (Å²) in [5, 5.41) is 0. The highest BCUT2D eigenvalue weighted by atomic mass is 16.7. The van der Waals surface area contributed by atoms with Crippen molar-refractivity contribution in [2.24, 2.45) is 7.05 Å². The van der Waals surface area contributed by atoms with Gasteiger partial charge in [0.2, 0.25) is 12.7 Å². The Morgan fingerprint density at radius 3 is 2.89 bits per heavy atom. The number of ether oxygens (including phenoxy) is 2. The Hall–Kier alpha value is -2.80. The molecule has 3 aliphatic rings. The molecule has 27 heavy (non-hydrogen) atoms. The first-order valence-electron chi connectivity index (χ1n) is 9.24. The standard InChI is InChI=1S/C20H22N4O3/c1-22-12-21-16-11-23(9-14-4-5-17-18(8-14)27-13-26-17)10-15(19(16)22)20(25)24-6-2-3-7-24/h2-5,8,12,15H,6-7,9-11,13H2,1H3. The van der Waals surface area contributed by atoms with E-state index >= 15 is 0 Å². The molecule has 0 fully saturated rings. The van der Waals surface area contributed by atoms with Crippen LogP contribution in [-0.4, -0.2) is 51.7 Å². The molecular formula is C20H22N4O3. The molecule has 0 radical (unpaired) electrons. The number of aromatic nitrogens is 2. The molecule has 0 saturated heterocycles. The van der Waals surface area contributed by atoms with Crippen LogP contribution in [0.5, 0.6) is 11.5 Å². The van der Waals surface area contributed by atoms with Gasteiger partial charge in [0.15, 0.2) is 11.5 Å². The molecule has 7 nitrogen and oxygen atoms in total. The zero-order valence-corrected chi connectivity index (χ0v) is 15.3. The van der Waals surface area contributed by atoms with Crippen molar-refractivity contribution in [1.82, 2.24) is 19.4 Å². The van der Waals surface area contributed by atoms with Crippen molar-refractivity contribution >= 4 is 5.91 Å². The monoisotopic (exact) mass is 366 g/mol.